The van der Waals surface area contributed by atoms with E-state index in [2.05, 4.69) is 9.97 Å². The van der Waals surface area contributed by atoms with Crippen molar-refractivity contribution < 1.29 is 14.6 Å². The van der Waals surface area contributed by atoms with Gasteiger partial charge in [0.05, 0.1) is 0 Å². The van der Waals surface area contributed by atoms with Gasteiger partial charge in [-0.15, -0.1) is 0 Å². The van der Waals surface area contributed by atoms with Crippen LogP contribution in [0.1, 0.15) is 16.1 Å². The Hall–Kier alpha value is -2.43. The summed E-state index contributed by atoms with van der Waals surface area (Å²) in [5, 5.41) is 8.75. The number of carboxylic acid groups (broad SMARTS) is 1. The summed E-state index contributed by atoms with van der Waals surface area (Å²) in [6, 6.07) is 10.9. The minimum Gasteiger partial charge on any atom is -0.477 e. The maximum atomic E-state index is 10.7. The molecule has 0 radical (unpaired) electrons. The minimum atomic E-state index is -1.10. The average molecular weight is 230 g/mol. The molecule has 0 fully saturated rings. The molecule has 0 amide bonds. The average Bonchev–Trinajstić information content (AvgIpc) is 2.38. The predicted molar refractivity (Wildman–Crippen MR) is 59.8 cm³/mol. The number of benzene rings is 1. The van der Waals surface area contributed by atoms with E-state index in [4.69, 9.17) is 9.84 Å². The highest BCUT2D eigenvalue weighted by Crippen LogP contribution is 2.09. The lowest BCUT2D eigenvalue weighted by molar-refractivity contribution is 0.0689. The number of aromatic carboxylic acids is 1. The first-order valence-corrected chi connectivity index (χ1v) is 4.98. The Labute approximate surface area is 97.7 Å². The van der Waals surface area contributed by atoms with Crippen LogP contribution in [0.25, 0.3) is 0 Å². The van der Waals surface area contributed by atoms with Crippen molar-refractivity contribution in [3.8, 4) is 5.88 Å². The molecule has 5 heteroatoms. The molecular weight excluding hydrogens is 220 g/mol. The van der Waals surface area contributed by atoms with E-state index in [1.54, 1.807) is 0 Å². The van der Waals surface area contributed by atoms with E-state index in [1.807, 2.05) is 30.3 Å². The van der Waals surface area contributed by atoms with E-state index in [-0.39, 0.29) is 11.6 Å². The zero-order valence-electron chi connectivity index (χ0n) is 8.91. The molecule has 1 aromatic carbocycles. The monoisotopic (exact) mass is 230 g/mol. The van der Waals surface area contributed by atoms with Gasteiger partial charge in [-0.3, -0.25) is 0 Å². The van der Waals surface area contributed by atoms with Crippen molar-refractivity contribution in [2.75, 3.05) is 0 Å². The predicted octanol–water partition coefficient (Wildman–Crippen LogP) is 1.75. The maximum absolute atomic E-state index is 10.7. The Kier molecular flexibility index (Phi) is 3.30. The minimum absolute atomic E-state index is 0.0805. The lowest BCUT2D eigenvalue weighted by atomic mass is 10.2. The third-order valence-electron chi connectivity index (χ3n) is 2.09. The molecule has 1 aromatic heterocycles. The van der Waals surface area contributed by atoms with Gasteiger partial charge in [-0.25, -0.2) is 14.8 Å². The Balaban J connectivity index is 2.04. The molecule has 86 valence electrons. The lowest BCUT2D eigenvalue weighted by Crippen LogP contribution is -2.03. The van der Waals surface area contributed by atoms with Crippen molar-refractivity contribution in [1.29, 1.82) is 0 Å². The molecule has 5 nitrogen and oxygen atoms in total. The van der Waals surface area contributed by atoms with E-state index in [0.29, 0.717) is 6.61 Å². The number of nitrogens with zero attached hydrogens (tertiary/aromatic N) is 2. The normalized spacial score (nSPS) is 9.88. The van der Waals surface area contributed by atoms with E-state index in [1.165, 1.54) is 12.4 Å². The van der Waals surface area contributed by atoms with Gasteiger partial charge in [0.15, 0.2) is 5.69 Å². The van der Waals surface area contributed by atoms with Gasteiger partial charge in [-0.05, 0) is 5.56 Å². The number of carbonyl (C=O) groups is 1. The van der Waals surface area contributed by atoms with Crippen LogP contribution >= 0.6 is 0 Å². The first-order valence-electron chi connectivity index (χ1n) is 4.98. The van der Waals surface area contributed by atoms with Crippen molar-refractivity contribution >= 4 is 5.97 Å². The third kappa shape index (κ3) is 3.01. The molecule has 0 saturated heterocycles. The Morgan fingerprint density at radius 2 is 2.00 bits per heavy atom. The first-order chi connectivity index (χ1) is 8.25. The Morgan fingerprint density at radius 1 is 1.24 bits per heavy atom. The largest absolute Gasteiger partial charge is 0.477 e. The van der Waals surface area contributed by atoms with Gasteiger partial charge < -0.3 is 9.84 Å². The van der Waals surface area contributed by atoms with Crippen molar-refractivity contribution in [3.05, 3.63) is 54.0 Å². The molecule has 1 heterocycles. The first kappa shape index (κ1) is 11.1. The van der Waals surface area contributed by atoms with E-state index >= 15 is 0 Å². The van der Waals surface area contributed by atoms with Crippen LogP contribution in [0.2, 0.25) is 0 Å². The number of ether oxygens (including phenoxy) is 1. The molecule has 0 saturated carbocycles. The van der Waals surface area contributed by atoms with Gasteiger partial charge in [0.1, 0.15) is 12.9 Å². The number of carboxylic acids is 1. The summed E-state index contributed by atoms with van der Waals surface area (Å²) < 4.78 is 5.37. The molecular formula is C12H10N2O3. The summed E-state index contributed by atoms with van der Waals surface area (Å²) in [7, 11) is 0. The van der Waals surface area contributed by atoms with Crippen LogP contribution in [0.4, 0.5) is 0 Å². The van der Waals surface area contributed by atoms with Gasteiger partial charge in [0.2, 0.25) is 5.88 Å². The highest BCUT2D eigenvalue weighted by molar-refractivity contribution is 5.85. The number of hydrogen-bond donors (Lipinski definition) is 1. The third-order valence-corrected chi connectivity index (χ3v) is 2.09. The fraction of sp³-hybridized carbons (Fsp3) is 0.0833. The second-order valence-corrected chi connectivity index (χ2v) is 3.32. The Morgan fingerprint density at radius 3 is 2.71 bits per heavy atom. The van der Waals surface area contributed by atoms with Crippen molar-refractivity contribution in [3.63, 3.8) is 0 Å². The summed E-state index contributed by atoms with van der Waals surface area (Å²) in [6.45, 7) is 0.344. The highest BCUT2D eigenvalue weighted by atomic mass is 16.5. The summed E-state index contributed by atoms with van der Waals surface area (Å²) >= 11 is 0. The van der Waals surface area contributed by atoms with Gasteiger partial charge in [-0.1, -0.05) is 30.3 Å². The summed E-state index contributed by atoms with van der Waals surface area (Å²) in [6.07, 6.45) is 1.17. The molecule has 0 atom stereocenters. The van der Waals surface area contributed by atoms with Gasteiger partial charge in [0, 0.05) is 6.07 Å². The van der Waals surface area contributed by atoms with Crippen molar-refractivity contribution in [1.82, 2.24) is 9.97 Å². The van der Waals surface area contributed by atoms with Crippen LogP contribution in [0.5, 0.6) is 5.88 Å². The molecule has 2 rings (SSSR count). The van der Waals surface area contributed by atoms with Crippen LogP contribution < -0.4 is 4.74 Å². The van der Waals surface area contributed by atoms with E-state index in [9.17, 15) is 4.79 Å². The van der Waals surface area contributed by atoms with Crippen LogP contribution in [0, 0.1) is 0 Å². The van der Waals surface area contributed by atoms with Crippen LogP contribution in [-0.4, -0.2) is 21.0 Å². The molecule has 17 heavy (non-hydrogen) atoms. The summed E-state index contributed by atoms with van der Waals surface area (Å²) in [5.74, 6) is -0.849. The standard InChI is InChI=1S/C12H10N2O3/c15-12(16)10-6-11(14-8-13-10)17-7-9-4-2-1-3-5-9/h1-6,8H,7H2,(H,15,16). The fourth-order valence-electron chi connectivity index (χ4n) is 1.27. The maximum Gasteiger partial charge on any atom is 0.354 e. The molecule has 0 aliphatic heterocycles. The van der Waals surface area contributed by atoms with Gasteiger partial charge in [-0.2, -0.15) is 0 Å². The Bertz CT molecular complexity index is 514. The van der Waals surface area contributed by atoms with Crippen LogP contribution in [0.15, 0.2) is 42.7 Å². The van der Waals surface area contributed by atoms with Crippen LogP contribution in [-0.2, 0) is 6.61 Å². The highest BCUT2D eigenvalue weighted by Gasteiger charge is 2.06. The molecule has 0 bridgehead atoms. The smallest absolute Gasteiger partial charge is 0.354 e. The molecule has 1 N–H and O–H groups in total. The zero-order valence-corrected chi connectivity index (χ0v) is 8.91. The second-order valence-electron chi connectivity index (χ2n) is 3.32. The summed E-state index contributed by atoms with van der Waals surface area (Å²) in [4.78, 5) is 18.1. The molecule has 0 aliphatic carbocycles. The zero-order chi connectivity index (χ0) is 12.1. The molecule has 0 unspecified atom stereocenters. The van der Waals surface area contributed by atoms with Crippen LogP contribution in [0.3, 0.4) is 0 Å². The molecule has 0 spiro atoms. The molecule has 2 aromatic rings. The topological polar surface area (TPSA) is 72.3 Å². The number of hydrogen-bond acceptors (Lipinski definition) is 4. The van der Waals surface area contributed by atoms with E-state index < -0.39 is 5.97 Å². The number of rotatable bonds is 4. The van der Waals surface area contributed by atoms with Crippen molar-refractivity contribution in [2.24, 2.45) is 0 Å². The lowest BCUT2D eigenvalue weighted by Gasteiger charge is -2.04. The van der Waals surface area contributed by atoms with Gasteiger partial charge >= 0.3 is 5.97 Å². The van der Waals surface area contributed by atoms with Gasteiger partial charge in [0.25, 0.3) is 0 Å². The fourth-order valence-corrected chi connectivity index (χ4v) is 1.27. The summed E-state index contributed by atoms with van der Waals surface area (Å²) in [5.41, 5.74) is 0.908. The van der Waals surface area contributed by atoms with Crippen molar-refractivity contribution in [2.45, 2.75) is 6.61 Å². The SMILES string of the molecule is O=C(O)c1cc(OCc2ccccc2)ncn1. The van der Waals surface area contributed by atoms with E-state index in [0.717, 1.165) is 5.56 Å². The quantitative estimate of drug-likeness (QED) is 0.866. The number of aromatic nitrogens is 2. The second kappa shape index (κ2) is 5.07. The molecule has 0 aliphatic rings.